The third kappa shape index (κ3) is 22.8. The number of nitrogens with zero attached hydrogens (tertiary/aromatic N) is 2. The third-order valence-corrected chi connectivity index (χ3v) is 7.21. The van der Waals surface area contributed by atoms with Crippen LogP contribution in [0.5, 0.6) is 0 Å². The molecule has 0 heterocycles. The number of nitro benzene ring substituents is 2. The highest BCUT2D eigenvalue weighted by atomic mass is 16.6. The van der Waals surface area contributed by atoms with E-state index in [9.17, 15) is 20.2 Å². The molecular weight excluding hydrogens is 554 g/mol. The van der Waals surface area contributed by atoms with E-state index < -0.39 is 9.85 Å². The maximum atomic E-state index is 11.1. The van der Waals surface area contributed by atoms with Crippen molar-refractivity contribution in [2.75, 3.05) is 64.7 Å². The van der Waals surface area contributed by atoms with E-state index in [1.54, 1.807) is 0 Å². The molecule has 43 heavy (non-hydrogen) atoms. The first kappa shape index (κ1) is 38.7. The fourth-order valence-corrected chi connectivity index (χ4v) is 4.71. The average molecular weight is 612 g/mol. The molecule has 0 aromatic heterocycles. The van der Waals surface area contributed by atoms with Gasteiger partial charge in [0.25, 0.3) is 11.4 Å². The van der Waals surface area contributed by atoms with E-state index in [1.165, 1.54) is 108 Å². The normalized spacial score (nSPS) is 11.2. The largest absolute Gasteiger partial charge is 0.379 e. The maximum absolute atomic E-state index is 11.1. The SMILES string of the molecule is CCCCCCCCCCCCCCCCCCOCCOCCOCCOCCNc1ccc([N+](=O)[O-])cc1[N+](=O)[O-]. The molecule has 0 saturated heterocycles. The molecule has 0 saturated carbocycles. The Bertz CT molecular complexity index is 828. The second-order valence-corrected chi connectivity index (χ2v) is 10.9. The second-order valence-electron chi connectivity index (χ2n) is 10.9. The van der Waals surface area contributed by atoms with Crippen molar-refractivity contribution in [2.45, 2.75) is 110 Å². The van der Waals surface area contributed by atoms with Crippen LogP contribution in [0.25, 0.3) is 0 Å². The number of rotatable bonds is 32. The van der Waals surface area contributed by atoms with Crippen LogP contribution >= 0.6 is 0 Å². The van der Waals surface area contributed by atoms with E-state index in [0.29, 0.717) is 52.8 Å². The van der Waals surface area contributed by atoms with E-state index in [4.69, 9.17) is 18.9 Å². The van der Waals surface area contributed by atoms with Gasteiger partial charge in [0.1, 0.15) is 5.69 Å². The highest BCUT2D eigenvalue weighted by molar-refractivity contribution is 5.65. The number of ether oxygens (including phenoxy) is 4. The number of non-ortho nitro benzene ring substituents is 1. The Morgan fingerprint density at radius 1 is 0.558 bits per heavy atom. The summed E-state index contributed by atoms with van der Waals surface area (Å²) >= 11 is 0. The monoisotopic (exact) mass is 611 g/mol. The zero-order valence-electron chi connectivity index (χ0n) is 26.6. The van der Waals surface area contributed by atoms with Crippen LogP contribution in [0.2, 0.25) is 0 Å². The summed E-state index contributed by atoms with van der Waals surface area (Å²) in [7, 11) is 0. The van der Waals surface area contributed by atoms with Crippen LogP contribution in [0.4, 0.5) is 17.1 Å². The Labute approximate surface area is 258 Å². The summed E-state index contributed by atoms with van der Waals surface area (Å²) in [6.45, 7) is 6.61. The molecule has 1 rings (SSSR count). The molecule has 0 fully saturated rings. The van der Waals surface area contributed by atoms with E-state index in [1.807, 2.05) is 0 Å². The van der Waals surface area contributed by atoms with Gasteiger partial charge in [0.2, 0.25) is 0 Å². The first-order valence-electron chi connectivity index (χ1n) is 16.5. The molecule has 0 amide bonds. The van der Waals surface area contributed by atoms with Crippen LogP contribution in [0, 0.1) is 20.2 Å². The Kier molecular flexibility index (Phi) is 25.6. The smallest absolute Gasteiger partial charge is 0.299 e. The number of benzene rings is 1. The molecule has 0 aliphatic carbocycles. The van der Waals surface area contributed by atoms with Gasteiger partial charge in [-0.05, 0) is 12.5 Å². The minimum atomic E-state index is -0.665. The first-order valence-corrected chi connectivity index (χ1v) is 16.5. The summed E-state index contributed by atoms with van der Waals surface area (Å²) in [4.78, 5) is 20.6. The molecule has 0 bridgehead atoms. The minimum absolute atomic E-state index is 0.210. The van der Waals surface area contributed by atoms with Crippen molar-refractivity contribution >= 4 is 17.1 Å². The fraction of sp³-hybridized carbons (Fsp3) is 0.812. The number of anilines is 1. The fourth-order valence-electron chi connectivity index (χ4n) is 4.71. The number of unbranched alkanes of at least 4 members (excludes halogenated alkanes) is 15. The predicted molar refractivity (Wildman–Crippen MR) is 171 cm³/mol. The molecule has 0 aliphatic rings. The zero-order valence-corrected chi connectivity index (χ0v) is 26.6. The molecule has 1 aromatic rings. The number of nitro groups is 2. The molecule has 248 valence electrons. The van der Waals surface area contributed by atoms with Crippen LogP contribution in [0.1, 0.15) is 110 Å². The molecule has 0 spiro atoms. The molecule has 0 radical (unpaired) electrons. The van der Waals surface area contributed by atoms with Gasteiger partial charge in [0.15, 0.2) is 0 Å². The molecule has 1 N–H and O–H groups in total. The molecule has 11 heteroatoms. The van der Waals surface area contributed by atoms with Crippen molar-refractivity contribution in [3.8, 4) is 0 Å². The molecule has 0 unspecified atom stereocenters. The van der Waals surface area contributed by atoms with Gasteiger partial charge in [-0.2, -0.15) is 0 Å². The van der Waals surface area contributed by atoms with Gasteiger partial charge in [-0.15, -0.1) is 0 Å². The van der Waals surface area contributed by atoms with Crippen LogP contribution in [0.3, 0.4) is 0 Å². The van der Waals surface area contributed by atoms with Crippen molar-refractivity contribution in [1.29, 1.82) is 0 Å². The summed E-state index contributed by atoms with van der Waals surface area (Å²) in [5, 5.41) is 24.8. The lowest BCUT2D eigenvalue weighted by molar-refractivity contribution is -0.393. The van der Waals surface area contributed by atoms with Gasteiger partial charge in [-0.3, -0.25) is 20.2 Å². The van der Waals surface area contributed by atoms with Gasteiger partial charge < -0.3 is 24.3 Å². The predicted octanol–water partition coefficient (Wildman–Crippen LogP) is 8.24. The van der Waals surface area contributed by atoms with Gasteiger partial charge in [0, 0.05) is 19.2 Å². The van der Waals surface area contributed by atoms with Gasteiger partial charge in [0.05, 0.1) is 62.2 Å². The second kappa shape index (κ2) is 28.4. The highest BCUT2D eigenvalue weighted by Gasteiger charge is 2.19. The summed E-state index contributed by atoms with van der Waals surface area (Å²) in [5.41, 5.74) is -0.461. The molecule has 0 atom stereocenters. The summed E-state index contributed by atoms with van der Waals surface area (Å²) < 4.78 is 22.1. The van der Waals surface area contributed by atoms with E-state index in [0.717, 1.165) is 19.1 Å². The average Bonchev–Trinajstić information content (AvgIpc) is 3.00. The number of nitrogens with one attached hydrogen (secondary N) is 1. The van der Waals surface area contributed by atoms with Gasteiger partial charge >= 0.3 is 0 Å². The van der Waals surface area contributed by atoms with Crippen molar-refractivity contribution in [3.63, 3.8) is 0 Å². The maximum Gasteiger partial charge on any atom is 0.299 e. The standard InChI is InChI=1S/C32H57N3O8/c1-2-3-4-5-6-7-8-9-10-11-12-13-14-15-16-17-21-40-23-25-42-27-28-43-26-24-41-22-20-33-31-19-18-30(34(36)37)29-32(31)35(38)39/h18-19,29,33H,2-17,20-28H2,1H3. The highest BCUT2D eigenvalue weighted by Crippen LogP contribution is 2.28. The van der Waals surface area contributed by atoms with E-state index >= 15 is 0 Å². The zero-order chi connectivity index (χ0) is 31.2. The van der Waals surface area contributed by atoms with Crippen molar-refractivity contribution in [3.05, 3.63) is 38.4 Å². The van der Waals surface area contributed by atoms with Crippen molar-refractivity contribution < 1.29 is 28.8 Å². The van der Waals surface area contributed by atoms with Crippen LogP contribution in [-0.4, -0.2) is 69.2 Å². The first-order chi connectivity index (χ1) is 21.1. The Morgan fingerprint density at radius 3 is 1.42 bits per heavy atom. The topological polar surface area (TPSA) is 135 Å². The quantitative estimate of drug-likeness (QED) is 0.0485. The molecule has 0 aliphatic heterocycles. The molecule has 11 nitrogen and oxygen atoms in total. The number of hydrogen-bond acceptors (Lipinski definition) is 9. The van der Waals surface area contributed by atoms with Crippen LogP contribution in [0.15, 0.2) is 18.2 Å². The lowest BCUT2D eigenvalue weighted by atomic mass is 10.0. The van der Waals surface area contributed by atoms with Crippen LogP contribution in [-0.2, 0) is 18.9 Å². The lowest BCUT2D eigenvalue weighted by Gasteiger charge is -2.09. The third-order valence-electron chi connectivity index (χ3n) is 7.21. The minimum Gasteiger partial charge on any atom is -0.379 e. The van der Waals surface area contributed by atoms with Crippen molar-refractivity contribution in [1.82, 2.24) is 0 Å². The van der Waals surface area contributed by atoms with E-state index in [-0.39, 0.29) is 17.1 Å². The van der Waals surface area contributed by atoms with Gasteiger partial charge in [-0.25, -0.2) is 0 Å². The molecule has 1 aromatic carbocycles. The lowest BCUT2D eigenvalue weighted by Crippen LogP contribution is -2.15. The Morgan fingerprint density at radius 2 is 0.977 bits per heavy atom. The van der Waals surface area contributed by atoms with Crippen molar-refractivity contribution in [2.24, 2.45) is 0 Å². The summed E-state index contributed by atoms with van der Waals surface area (Å²) in [6, 6.07) is 3.49. The summed E-state index contributed by atoms with van der Waals surface area (Å²) in [6.07, 6.45) is 21.9. The number of hydrogen-bond donors (Lipinski definition) is 1. The molecular formula is C32H57N3O8. The van der Waals surface area contributed by atoms with E-state index in [2.05, 4.69) is 12.2 Å². The Hall–Kier alpha value is -2.34. The van der Waals surface area contributed by atoms with Crippen LogP contribution < -0.4 is 5.32 Å². The summed E-state index contributed by atoms with van der Waals surface area (Å²) in [5.74, 6) is 0. The Balaban J connectivity index is 1.77. The van der Waals surface area contributed by atoms with Gasteiger partial charge in [-0.1, -0.05) is 103 Å².